The van der Waals surface area contributed by atoms with Crippen molar-refractivity contribution in [1.82, 2.24) is 4.98 Å². The van der Waals surface area contributed by atoms with E-state index in [1.807, 2.05) is 12.1 Å². The fourth-order valence-corrected chi connectivity index (χ4v) is 2.40. The van der Waals surface area contributed by atoms with Gasteiger partial charge in [0, 0.05) is 24.0 Å². The standard InChI is InChI=1S/C12H18N2O/c1-11(2)6-5-10-9(4-3-7-14-10)12(11,15)8-13/h3-4,7,15H,5-6,8,13H2,1-2H3. The lowest BCUT2D eigenvalue weighted by Crippen LogP contribution is -2.51. The predicted molar refractivity (Wildman–Crippen MR) is 59.3 cm³/mol. The van der Waals surface area contributed by atoms with E-state index in [2.05, 4.69) is 18.8 Å². The summed E-state index contributed by atoms with van der Waals surface area (Å²) in [4.78, 5) is 4.31. The first-order valence-corrected chi connectivity index (χ1v) is 5.38. The van der Waals surface area contributed by atoms with Gasteiger partial charge in [0.05, 0.1) is 0 Å². The van der Waals surface area contributed by atoms with Crippen LogP contribution < -0.4 is 5.73 Å². The summed E-state index contributed by atoms with van der Waals surface area (Å²) in [6.07, 6.45) is 3.62. The van der Waals surface area contributed by atoms with Crippen molar-refractivity contribution in [3.63, 3.8) is 0 Å². The van der Waals surface area contributed by atoms with E-state index in [9.17, 15) is 5.11 Å². The Bertz CT molecular complexity index is 376. The smallest absolute Gasteiger partial charge is 0.109 e. The van der Waals surface area contributed by atoms with Crippen molar-refractivity contribution in [3.05, 3.63) is 29.6 Å². The molecule has 2 rings (SSSR count). The van der Waals surface area contributed by atoms with E-state index < -0.39 is 5.60 Å². The Balaban J connectivity index is 2.58. The fraction of sp³-hybridized carbons (Fsp3) is 0.583. The Hall–Kier alpha value is -0.930. The number of aliphatic hydroxyl groups is 1. The van der Waals surface area contributed by atoms with Gasteiger partial charge in [-0.25, -0.2) is 0 Å². The Morgan fingerprint density at radius 1 is 1.53 bits per heavy atom. The van der Waals surface area contributed by atoms with E-state index in [-0.39, 0.29) is 12.0 Å². The largest absolute Gasteiger partial charge is 0.383 e. The lowest BCUT2D eigenvalue weighted by molar-refractivity contribution is -0.0782. The van der Waals surface area contributed by atoms with Crippen LogP contribution in [0.3, 0.4) is 0 Å². The van der Waals surface area contributed by atoms with Crippen LogP contribution in [0.2, 0.25) is 0 Å². The topological polar surface area (TPSA) is 59.1 Å². The Labute approximate surface area is 90.3 Å². The number of pyridine rings is 1. The predicted octanol–water partition coefficient (Wildman–Crippen LogP) is 1.20. The minimum absolute atomic E-state index is 0.183. The average Bonchev–Trinajstić information content (AvgIpc) is 2.24. The van der Waals surface area contributed by atoms with Crippen LogP contribution in [-0.2, 0) is 12.0 Å². The molecule has 1 heterocycles. The van der Waals surface area contributed by atoms with Gasteiger partial charge in [0.15, 0.2) is 0 Å². The van der Waals surface area contributed by atoms with Gasteiger partial charge in [-0.2, -0.15) is 0 Å². The summed E-state index contributed by atoms with van der Waals surface area (Å²) in [5, 5.41) is 10.7. The lowest BCUT2D eigenvalue weighted by Gasteiger charge is -2.46. The number of nitrogens with two attached hydrogens (primary N) is 1. The summed E-state index contributed by atoms with van der Waals surface area (Å²) >= 11 is 0. The van der Waals surface area contributed by atoms with Crippen LogP contribution in [0, 0.1) is 5.41 Å². The van der Waals surface area contributed by atoms with Crippen molar-refractivity contribution in [2.24, 2.45) is 11.1 Å². The Morgan fingerprint density at radius 2 is 2.27 bits per heavy atom. The maximum Gasteiger partial charge on any atom is 0.109 e. The zero-order valence-corrected chi connectivity index (χ0v) is 9.33. The average molecular weight is 206 g/mol. The van der Waals surface area contributed by atoms with Gasteiger partial charge < -0.3 is 10.8 Å². The summed E-state index contributed by atoms with van der Waals surface area (Å²) in [7, 11) is 0. The number of fused-ring (bicyclic) bond motifs is 1. The van der Waals surface area contributed by atoms with Gasteiger partial charge in [-0.15, -0.1) is 0 Å². The van der Waals surface area contributed by atoms with Gasteiger partial charge in [-0.05, 0) is 24.3 Å². The van der Waals surface area contributed by atoms with Crippen molar-refractivity contribution in [2.75, 3.05) is 6.54 Å². The molecule has 0 aliphatic heterocycles. The van der Waals surface area contributed by atoms with Crippen molar-refractivity contribution in [3.8, 4) is 0 Å². The van der Waals surface area contributed by atoms with E-state index in [0.29, 0.717) is 0 Å². The van der Waals surface area contributed by atoms with Crippen molar-refractivity contribution >= 4 is 0 Å². The molecule has 1 aliphatic carbocycles. The minimum atomic E-state index is -0.936. The molecule has 0 radical (unpaired) electrons. The molecule has 3 heteroatoms. The van der Waals surface area contributed by atoms with Gasteiger partial charge in [-0.3, -0.25) is 4.98 Å². The third kappa shape index (κ3) is 1.38. The van der Waals surface area contributed by atoms with Gasteiger partial charge in [0.25, 0.3) is 0 Å². The van der Waals surface area contributed by atoms with Gasteiger partial charge >= 0.3 is 0 Å². The van der Waals surface area contributed by atoms with Crippen LogP contribution in [0.4, 0.5) is 0 Å². The summed E-state index contributed by atoms with van der Waals surface area (Å²) in [6, 6.07) is 3.80. The normalized spacial score (nSPS) is 28.5. The molecule has 0 aromatic carbocycles. The van der Waals surface area contributed by atoms with Crippen LogP contribution in [0.1, 0.15) is 31.5 Å². The van der Waals surface area contributed by atoms with Crippen molar-refractivity contribution in [1.29, 1.82) is 0 Å². The second-order valence-corrected chi connectivity index (χ2v) is 4.95. The highest BCUT2D eigenvalue weighted by Gasteiger charge is 2.47. The number of aryl methyl sites for hydroxylation is 1. The summed E-state index contributed by atoms with van der Waals surface area (Å²) < 4.78 is 0. The third-order valence-corrected chi connectivity index (χ3v) is 3.74. The first-order valence-electron chi connectivity index (χ1n) is 5.38. The maximum absolute atomic E-state index is 10.7. The van der Waals surface area contributed by atoms with Gasteiger partial charge in [0.2, 0.25) is 0 Å². The molecular formula is C12H18N2O. The quantitative estimate of drug-likeness (QED) is 0.726. The zero-order chi connectivity index (χ0) is 11.1. The highest BCUT2D eigenvalue weighted by Crippen LogP contribution is 2.46. The first kappa shape index (κ1) is 10.6. The maximum atomic E-state index is 10.7. The van der Waals surface area contributed by atoms with Crippen molar-refractivity contribution in [2.45, 2.75) is 32.3 Å². The van der Waals surface area contributed by atoms with Gasteiger partial charge in [0.1, 0.15) is 5.60 Å². The van der Waals surface area contributed by atoms with E-state index >= 15 is 0 Å². The molecule has 0 amide bonds. The number of aromatic nitrogens is 1. The molecule has 82 valence electrons. The number of nitrogens with zero attached hydrogens (tertiary/aromatic N) is 1. The van der Waals surface area contributed by atoms with Crippen LogP contribution in [-0.4, -0.2) is 16.6 Å². The fourth-order valence-electron chi connectivity index (χ4n) is 2.40. The number of hydrogen-bond donors (Lipinski definition) is 2. The molecule has 1 aliphatic rings. The van der Waals surface area contributed by atoms with Crippen molar-refractivity contribution < 1.29 is 5.11 Å². The molecule has 1 unspecified atom stereocenters. The molecule has 0 saturated carbocycles. The zero-order valence-electron chi connectivity index (χ0n) is 9.33. The summed E-state index contributed by atoms with van der Waals surface area (Å²) in [6.45, 7) is 4.38. The molecule has 3 nitrogen and oxygen atoms in total. The number of rotatable bonds is 1. The van der Waals surface area contributed by atoms with Crippen LogP contribution in [0.5, 0.6) is 0 Å². The highest BCUT2D eigenvalue weighted by molar-refractivity contribution is 5.32. The molecule has 0 spiro atoms. The van der Waals surface area contributed by atoms with Crippen LogP contribution in [0.25, 0.3) is 0 Å². The molecule has 1 aromatic heterocycles. The second kappa shape index (κ2) is 3.29. The summed E-state index contributed by atoms with van der Waals surface area (Å²) in [5.41, 5.74) is 6.53. The molecule has 0 fully saturated rings. The minimum Gasteiger partial charge on any atom is -0.383 e. The number of hydrogen-bond acceptors (Lipinski definition) is 3. The Kier molecular flexibility index (Phi) is 2.32. The highest BCUT2D eigenvalue weighted by atomic mass is 16.3. The molecule has 0 saturated heterocycles. The second-order valence-electron chi connectivity index (χ2n) is 4.95. The van der Waals surface area contributed by atoms with E-state index in [1.54, 1.807) is 6.20 Å². The molecule has 15 heavy (non-hydrogen) atoms. The van der Waals surface area contributed by atoms with Gasteiger partial charge in [-0.1, -0.05) is 19.9 Å². The first-order chi connectivity index (χ1) is 7.01. The lowest BCUT2D eigenvalue weighted by atomic mass is 9.64. The monoisotopic (exact) mass is 206 g/mol. The van der Waals surface area contributed by atoms with Crippen LogP contribution in [0.15, 0.2) is 18.3 Å². The summed E-state index contributed by atoms with van der Waals surface area (Å²) in [5.74, 6) is 0. The molecule has 1 aromatic rings. The third-order valence-electron chi connectivity index (χ3n) is 3.74. The van der Waals surface area contributed by atoms with E-state index in [4.69, 9.17) is 5.73 Å². The van der Waals surface area contributed by atoms with Crippen LogP contribution >= 0.6 is 0 Å². The molecule has 0 bridgehead atoms. The Morgan fingerprint density at radius 3 is 2.93 bits per heavy atom. The molecule has 1 atom stereocenters. The van der Waals surface area contributed by atoms with E-state index in [0.717, 1.165) is 24.1 Å². The SMILES string of the molecule is CC1(C)CCc2ncccc2C1(O)CN. The molecule has 3 N–H and O–H groups in total. The van der Waals surface area contributed by atoms with E-state index in [1.165, 1.54) is 0 Å². The molecular weight excluding hydrogens is 188 g/mol.